The van der Waals surface area contributed by atoms with Gasteiger partial charge in [-0.05, 0) is 12.1 Å². The van der Waals surface area contributed by atoms with Crippen LogP contribution in [0.1, 0.15) is 5.56 Å². The maximum absolute atomic E-state index is 12.4. The van der Waals surface area contributed by atoms with E-state index in [1.165, 1.54) is 0 Å². The van der Waals surface area contributed by atoms with Crippen LogP contribution in [-0.2, 0) is 18.4 Å². The number of hydrogen-bond acceptors (Lipinski definition) is 4. The SMILES string of the molecule is CN(Cc1cnn(C)c1)C(=O)CN(CCO)c1ccccc1. The number of benzene rings is 1. The summed E-state index contributed by atoms with van der Waals surface area (Å²) in [6.07, 6.45) is 3.65. The molecular formula is C16H22N4O2. The van der Waals surface area contributed by atoms with Crippen LogP contribution in [0.5, 0.6) is 0 Å². The Morgan fingerprint density at radius 1 is 1.32 bits per heavy atom. The van der Waals surface area contributed by atoms with E-state index in [-0.39, 0.29) is 19.1 Å². The van der Waals surface area contributed by atoms with Gasteiger partial charge in [0.25, 0.3) is 0 Å². The fraction of sp³-hybridized carbons (Fsp3) is 0.375. The van der Waals surface area contributed by atoms with E-state index >= 15 is 0 Å². The molecule has 0 atom stereocenters. The molecule has 0 radical (unpaired) electrons. The number of likely N-dealkylation sites (N-methyl/N-ethyl adjacent to an activating group) is 1. The van der Waals surface area contributed by atoms with Crippen molar-refractivity contribution in [3.8, 4) is 0 Å². The van der Waals surface area contributed by atoms with Crippen molar-refractivity contribution in [1.29, 1.82) is 0 Å². The lowest BCUT2D eigenvalue weighted by atomic mass is 10.2. The van der Waals surface area contributed by atoms with Crippen LogP contribution in [-0.4, -0.2) is 52.4 Å². The number of anilines is 1. The van der Waals surface area contributed by atoms with Crippen molar-refractivity contribution in [2.75, 3.05) is 31.6 Å². The minimum absolute atomic E-state index is 0.00107. The lowest BCUT2D eigenvalue weighted by Crippen LogP contribution is -2.39. The Balaban J connectivity index is 1.98. The second-order valence-corrected chi connectivity index (χ2v) is 5.25. The molecule has 1 heterocycles. The average molecular weight is 302 g/mol. The summed E-state index contributed by atoms with van der Waals surface area (Å²) in [5.41, 5.74) is 1.92. The number of aliphatic hydroxyl groups excluding tert-OH is 1. The smallest absolute Gasteiger partial charge is 0.242 e. The predicted octanol–water partition coefficient (Wildman–Crippen LogP) is 0.877. The first-order valence-electron chi connectivity index (χ1n) is 7.22. The number of carbonyl (C=O) groups is 1. The molecular weight excluding hydrogens is 280 g/mol. The zero-order valence-electron chi connectivity index (χ0n) is 13.0. The van der Waals surface area contributed by atoms with Crippen LogP contribution in [0.3, 0.4) is 0 Å². The number of para-hydroxylation sites is 1. The molecule has 0 bridgehead atoms. The first-order chi connectivity index (χ1) is 10.6. The van der Waals surface area contributed by atoms with Gasteiger partial charge in [0.15, 0.2) is 0 Å². The highest BCUT2D eigenvalue weighted by Crippen LogP contribution is 2.13. The van der Waals surface area contributed by atoms with Crippen LogP contribution in [0.2, 0.25) is 0 Å². The number of nitrogens with zero attached hydrogens (tertiary/aromatic N) is 4. The number of aryl methyl sites for hydroxylation is 1. The summed E-state index contributed by atoms with van der Waals surface area (Å²) in [6, 6.07) is 9.64. The maximum Gasteiger partial charge on any atom is 0.242 e. The van der Waals surface area contributed by atoms with Gasteiger partial charge in [-0.15, -0.1) is 0 Å². The third kappa shape index (κ3) is 4.33. The minimum Gasteiger partial charge on any atom is -0.395 e. The number of carbonyl (C=O) groups excluding carboxylic acids is 1. The van der Waals surface area contributed by atoms with Crippen molar-refractivity contribution in [3.63, 3.8) is 0 Å². The number of aromatic nitrogens is 2. The summed E-state index contributed by atoms with van der Waals surface area (Å²) < 4.78 is 1.72. The molecule has 1 N–H and O–H groups in total. The van der Waals surface area contributed by atoms with E-state index in [4.69, 9.17) is 0 Å². The van der Waals surface area contributed by atoms with Gasteiger partial charge in [0.05, 0.1) is 19.3 Å². The first-order valence-corrected chi connectivity index (χ1v) is 7.22. The number of hydrogen-bond donors (Lipinski definition) is 1. The van der Waals surface area contributed by atoms with Gasteiger partial charge in [-0.3, -0.25) is 9.48 Å². The fourth-order valence-electron chi connectivity index (χ4n) is 2.26. The van der Waals surface area contributed by atoms with E-state index in [0.717, 1.165) is 11.3 Å². The lowest BCUT2D eigenvalue weighted by molar-refractivity contribution is -0.128. The number of aliphatic hydroxyl groups is 1. The molecule has 0 aliphatic heterocycles. The fourth-order valence-corrected chi connectivity index (χ4v) is 2.26. The summed E-state index contributed by atoms with van der Waals surface area (Å²) in [5, 5.41) is 13.3. The Labute approximate surface area is 130 Å². The molecule has 0 saturated carbocycles. The molecule has 22 heavy (non-hydrogen) atoms. The van der Waals surface area contributed by atoms with Gasteiger partial charge in [0, 0.05) is 44.6 Å². The Kier molecular flexibility index (Phi) is 5.55. The third-order valence-corrected chi connectivity index (χ3v) is 3.42. The predicted molar refractivity (Wildman–Crippen MR) is 85.4 cm³/mol. The Morgan fingerprint density at radius 3 is 2.64 bits per heavy atom. The molecule has 2 rings (SSSR count). The summed E-state index contributed by atoms with van der Waals surface area (Å²) >= 11 is 0. The topological polar surface area (TPSA) is 61.6 Å². The van der Waals surface area contributed by atoms with Gasteiger partial charge in [-0.2, -0.15) is 5.10 Å². The van der Waals surface area contributed by atoms with Gasteiger partial charge >= 0.3 is 0 Å². The molecule has 0 aliphatic carbocycles. The van der Waals surface area contributed by atoms with Gasteiger partial charge in [0.1, 0.15) is 0 Å². The molecule has 118 valence electrons. The molecule has 1 amide bonds. The molecule has 6 nitrogen and oxygen atoms in total. The highest BCUT2D eigenvalue weighted by molar-refractivity contribution is 5.81. The second-order valence-electron chi connectivity index (χ2n) is 5.25. The van der Waals surface area contributed by atoms with E-state index in [2.05, 4.69) is 5.10 Å². The largest absolute Gasteiger partial charge is 0.395 e. The molecule has 1 aromatic carbocycles. The number of amides is 1. The molecule has 0 fully saturated rings. The molecule has 1 aromatic heterocycles. The maximum atomic E-state index is 12.4. The van der Waals surface area contributed by atoms with Crippen LogP contribution in [0, 0.1) is 0 Å². The van der Waals surface area contributed by atoms with Crippen molar-refractivity contribution in [1.82, 2.24) is 14.7 Å². The van der Waals surface area contributed by atoms with E-state index in [0.29, 0.717) is 13.1 Å². The van der Waals surface area contributed by atoms with Crippen molar-refractivity contribution >= 4 is 11.6 Å². The summed E-state index contributed by atoms with van der Waals surface area (Å²) in [5.74, 6) is 0.00107. The van der Waals surface area contributed by atoms with Crippen molar-refractivity contribution in [2.24, 2.45) is 7.05 Å². The summed E-state index contributed by atoms with van der Waals surface area (Å²) in [7, 11) is 3.63. The van der Waals surface area contributed by atoms with Gasteiger partial charge < -0.3 is 14.9 Å². The Morgan fingerprint density at radius 2 is 2.05 bits per heavy atom. The normalized spacial score (nSPS) is 10.5. The highest BCUT2D eigenvalue weighted by atomic mass is 16.3. The van der Waals surface area contributed by atoms with Gasteiger partial charge in [-0.25, -0.2) is 0 Å². The average Bonchev–Trinajstić information content (AvgIpc) is 2.92. The van der Waals surface area contributed by atoms with E-state index in [9.17, 15) is 9.90 Å². The van der Waals surface area contributed by atoms with Crippen LogP contribution in [0.15, 0.2) is 42.7 Å². The number of rotatable bonds is 7. The van der Waals surface area contributed by atoms with Crippen LogP contribution >= 0.6 is 0 Å². The summed E-state index contributed by atoms with van der Waals surface area (Å²) in [4.78, 5) is 15.9. The molecule has 2 aromatic rings. The van der Waals surface area contributed by atoms with E-state index < -0.39 is 0 Å². The first kappa shape index (κ1) is 16.0. The van der Waals surface area contributed by atoms with Gasteiger partial charge in [-0.1, -0.05) is 18.2 Å². The van der Waals surface area contributed by atoms with Crippen LogP contribution in [0.25, 0.3) is 0 Å². The quantitative estimate of drug-likeness (QED) is 0.825. The Hall–Kier alpha value is -2.34. The zero-order chi connectivity index (χ0) is 15.9. The highest BCUT2D eigenvalue weighted by Gasteiger charge is 2.15. The monoisotopic (exact) mass is 302 g/mol. The lowest BCUT2D eigenvalue weighted by Gasteiger charge is -2.26. The molecule has 0 unspecified atom stereocenters. The standard InChI is InChI=1S/C16H22N4O2/c1-18(11-14-10-17-19(2)12-14)16(22)13-20(8-9-21)15-6-4-3-5-7-15/h3-7,10,12,21H,8-9,11,13H2,1-2H3. The Bertz CT molecular complexity index is 597. The molecule has 0 aliphatic rings. The third-order valence-electron chi connectivity index (χ3n) is 3.42. The van der Waals surface area contributed by atoms with Crippen molar-refractivity contribution in [3.05, 3.63) is 48.3 Å². The molecule has 0 spiro atoms. The second kappa shape index (κ2) is 7.61. The van der Waals surface area contributed by atoms with E-state index in [1.54, 1.807) is 22.8 Å². The van der Waals surface area contributed by atoms with E-state index in [1.807, 2.05) is 48.5 Å². The molecule has 0 saturated heterocycles. The van der Waals surface area contributed by atoms with Gasteiger partial charge in [0.2, 0.25) is 5.91 Å². The molecule has 6 heteroatoms. The van der Waals surface area contributed by atoms with Crippen LogP contribution < -0.4 is 4.90 Å². The van der Waals surface area contributed by atoms with Crippen molar-refractivity contribution < 1.29 is 9.90 Å². The summed E-state index contributed by atoms with van der Waals surface area (Å²) in [6.45, 7) is 1.20. The zero-order valence-corrected chi connectivity index (χ0v) is 13.0. The minimum atomic E-state index is 0.00107. The van der Waals surface area contributed by atoms with Crippen LogP contribution in [0.4, 0.5) is 5.69 Å². The van der Waals surface area contributed by atoms with Crippen molar-refractivity contribution in [2.45, 2.75) is 6.54 Å².